The molecule has 0 saturated carbocycles. The van der Waals surface area contributed by atoms with Crippen LogP contribution in [-0.2, 0) is 0 Å². The average Bonchev–Trinajstić information content (AvgIpc) is 2.52. The molecule has 0 fully saturated rings. The molecule has 102 valence electrons. The van der Waals surface area contributed by atoms with E-state index < -0.39 is 0 Å². The molecular weight excluding hydrogens is 305 g/mol. The standard InChI is InChI=1S/C17H9Cl2NO/c18-14-6-8-16(13-4-2-1-3-12(13)14)21-17-7-5-11(10-20)9-15(17)19/h1-9H. The Morgan fingerprint density at radius 1 is 0.810 bits per heavy atom. The first-order valence-electron chi connectivity index (χ1n) is 6.24. The number of nitrogens with zero attached hydrogens (tertiary/aromatic N) is 1. The largest absolute Gasteiger partial charge is 0.455 e. The fourth-order valence-electron chi connectivity index (χ4n) is 2.10. The summed E-state index contributed by atoms with van der Waals surface area (Å²) in [5.74, 6) is 1.17. The van der Waals surface area contributed by atoms with Crippen LogP contribution in [0.2, 0.25) is 10.0 Å². The SMILES string of the molecule is N#Cc1ccc(Oc2ccc(Cl)c3ccccc23)c(Cl)c1. The predicted molar refractivity (Wildman–Crippen MR) is 85.2 cm³/mol. The zero-order valence-electron chi connectivity index (χ0n) is 10.8. The maximum atomic E-state index is 8.85. The van der Waals surface area contributed by atoms with Gasteiger partial charge in [-0.05, 0) is 30.3 Å². The van der Waals surface area contributed by atoms with Crippen molar-refractivity contribution in [2.45, 2.75) is 0 Å². The number of rotatable bonds is 2. The van der Waals surface area contributed by atoms with Crippen molar-refractivity contribution in [3.8, 4) is 17.6 Å². The van der Waals surface area contributed by atoms with Crippen LogP contribution in [0.15, 0.2) is 54.6 Å². The molecule has 0 bridgehead atoms. The summed E-state index contributed by atoms with van der Waals surface area (Å²) in [5, 5.41) is 11.7. The summed E-state index contributed by atoms with van der Waals surface area (Å²) in [5.41, 5.74) is 0.494. The first-order valence-corrected chi connectivity index (χ1v) is 6.99. The third-order valence-electron chi connectivity index (χ3n) is 3.11. The number of nitriles is 1. The van der Waals surface area contributed by atoms with E-state index >= 15 is 0 Å². The van der Waals surface area contributed by atoms with Crippen molar-refractivity contribution >= 4 is 34.0 Å². The quantitative estimate of drug-likeness (QED) is 0.598. The highest BCUT2D eigenvalue weighted by Gasteiger charge is 2.09. The summed E-state index contributed by atoms with van der Waals surface area (Å²) in [6.07, 6.45) is 0. The minimum absolute atomic E-state index is 0.396. The van der Waals surface area contributed by atoms with Gasteiger partial charge < -0.3 is 4.74 Å². The van der Waals surface area contributed by atoms with E-state index in [2.05, 4.69) is 0 Å². The van der Waals surface area contributed by atoms with Crippen LogP contribution in [0, 0.1) is 11.3 Å². The second kappa shape index (κ2) is 5.65. The van der Waals surface area contributed by atoms with Gasteiger partial charge in [-0.2, -0.15) is 5.26 Å². The Labute approximate surface area is 132 Å². The Bertz CT molecular complexity index is 868. The highest BCUT2D eigenvalue weighted by Crippen LogP contribution is 2.36. The van der Waals surface area contributed by atoms with E-state index in [-0.39, 0.29) is 0 Å². The molecule has 0 aromatic heterocycles. The summed E-state index contributed by atoms with van der Waals surface area (Å²) in [4.78, 5) is 0. The molecule has 0 aliphatic heterocycles. The molecule has 0 spiro atoms. The van der Waals surface area contributed by atoms with Crippen molar-refractivity contribution in [2.75, 3.05) is 0 Å². The molecule has 0 unspecified atom stereocenters. The molecule has 3 aromatic carbocycles. The Kier molecular flexibility index (Phi) is 3.70. The number of benzene rings is 3. The van der Waals surface area contributed by atoms with Crippen LogP contribution in [0.3, 0.4) is 0 Å². The van der Waals surface area contributed by atoms with E-state index in [0.717, 1.165) is 10.8 Å². The number of fused-ring (bicyclic) bond motifs is 1. The van der Waals surface area contributed by atoms with E-state index in [1.54, 1.807) is 30.3 Å². The van der Waals surface area contributed by atoms with Crippen molar-refractivity contribution in [1.29, 1.82) is 5.26 Å². The predicted octanol–water partition coefficient (Wildman–Crippen LogP) is 5.81. The van der Waals surface area contributed by atoms with Crippen LogP contribution in [0.1, 0.15) is 5.56 Å². The van der Waals surface area contributed by atoms with Gasteiger partial charge in [0.1, 0.15) is 11.5 Å². The lowest BCUT2D eigenvalue weighted by Gasteiger charge is -2.11. The van der Waals surface area contributed by atoms with Crippen molar-refractivity contribution < 1.29 is 4.74 Å². The van der Waals surface area contributed by atoms with Gasteiger partial charge in [0.15, 0.2) is 0 Å². The van der Waals surface area contributed by atoms with Gasteiger partial charge in [-0.15, -0.1) is 0 Å². The molecule has 0 atom stereocenters. The van der Waals surface area contributed by atoms with Crippen molar-refractivity contribution in [3.63, 3.8) is 0 Å². The van der Waals surface area contributed by atoms with Gasteiger partial charge in [0.25, 0.3) is 0 Å². The van der Waals surface area contributed by atoms with Gasteiger partial charge >= 0.3 is 0 Å². The molecule has 0 radical (unpaired) electrons. The average molecular weight is 314 g/mol. The van der Waals surface area contributed by atoms with Crippen LogP contribution in [0.4, 0.5) is 0 Å². The van der Waals surface area contributed by atoms with Crippen molar-refractivity contribution in [2.24, 2.45) is 0 Å². The Balaban J connectivity index is 2.07. The highest BCUT2D eigenvalue weighted by molar-refractivity contribution is 6.35. The summed E-state index contributed by atoms with van der Waals surface area (Å²) in [6.45, 7) is 0. The summed E-state index contributed by atoms with van der Waals surface area (Å²) in [7, 11) is 0. The minimum Gasteiger partial charge on any atom is -0.455 e. The van der Waals surface area contributed by atoms with Gasteiger partial charge in [-0.3, -0.25) is 0 Å². The van der Waals surface area contributed by atoms with Gasteiger partial charge in [0.2, 0.25) is 0 Å². The van der Waals surface area contributed by atoms with Crippen LogP contribution < -0.4 is 4.74 Å². The molecule has 0 N–H and O–H groups in total. The van der Waals surface area contributed by atoms with Crippen molar-refractivity contribution in [1.82, 2.24) is 0 Å². The van der Waals surface area contributed by atoms with Crippen LogP contribution in [0.25, 0.3) is 10.8 Å². The summed E-state index contributed by atoms with van der Waals surface area (Å²) >= 11 is 12.3. The lowest BCUT2D eigenvalue weighted by molar-refractivity contribution is 0.488. The molecule has 21 heavy (non-hydrogen) atoms. The van der Waals surface area contributed by atoms with Gasteiger partial charge in [0.05, 0.1) is 16.7 Å². The number of ether oxygens (including phenoxy) is 1. The highest BCUT2D eigenvalue weighted by atomic mass is 35.5. The van der Waals surface area contributed by atoms with Crippen LogP contribution >= 0.6 is 23.2 Å². The second-order valence-corrected chi connectivity index (χ2v) is 5.26. The number of hydrogen-bond donors (Lipinski definition) is 0. The smallest absolute Gasteiger partial charge is 0.146 e. The van der Waals surface area contributed by atoms with Crippen molar-refractivity contribution in [3.05, 3.63) is 70.2 Å². The van der Waals surface area contributed by atoms with Crippen LogP contribution in [0.5, 0.6) is 11.5 Å². The monoisotopic (exact) mass is 313 g/mol. The fraction of sp³-hybridized carbons (Fsp3) is 0. The van der Waals surface area contributed by atoms with E-state index in [1.807, 2.05) is 30.3 Å². The zero-order chi connectivity index (χ0) is 14.8. The van der Waals surface area contributed by atoms with E-state index in [4.69, 9.17) is 33.2 Å². The molecule has 0 amide bonds. The second-order valence-electron chi connectivity index (χ2n) is 4.45. The molecule has 2 nitrogen and oxygen atoms in total. The number of halogens is 2. The normalized spacial score (nSPS) is 10.3. The fourth-order valence-corrected chi connectivity index (χ4v) is 2.54. The first kappa shape index (κ1) is 13.8. The third-order valence-corrected chi connectivity index (χ3v) is 3.74. The number of hydrogen-bond acceptors (Lipinski definition) is 2. The van der Waals surface area contributed by atoms with Crippen LogP contribution in [-0.4, -0.2) is 0 Å². The lowest BCUT2D eigenvalue weighted by Crippen LogP contribution is -1.88. The Morgan fingerprint density at radius 2 is 1.52 bits per heavy atom. The first-order chi connectivity index (χ1) is 10.2. The molecule has 3 rings (SSSR count). The van der Waals surface area contributed by atoms with Gasteiger partial charge in [0, 0.05) is 15.8 Å². The molecule has 0 heterocycles. The molecule has 0 aliphatic carbocycles. The van der Waals surface area contributed by atoms with E-state index in [0.29, 0.717) is 27.1 Å². The maximum Gasteiger partial charge on any atom is 0.146 e. The summed E-state index contributed by atoms with van der Waals surface area (Å²) < 4.78 is 5.88. The third kappa shape index (κ3) is 2.67. The Hall–Kier alpha value is -2.21. The minimum atomic E-state index is 0.396. The summed E-state index contributed by atoms with van der Waals surface area (Å²) in [6, 6.07) is 18.3. The molecule has 4 heteroatoms. The van der Waals surface area contributed by atoms with Gasteiger partial charge in [-0.25, -0.2) is 0 Å². The topological polar surface area (TPSA) is 33.0 Å². The van der Waals surface area contributed by atoms with E-state index in [1.165, 1.54) is 0 Å². The van der Waals surface area contributed by atoms with E-state index in [9.17, 15) is 0 Å². The van der Waals surface area contributed by atoms with Gasteiger partial charge in [-0.1, -0.05) is 47.5 Å². The Morgan fingerprint density at radius 3 is 2.24 bits per heavy atom. The maximum absolute atomic E-state index is 8.85. The molecule has 3 aromatic rings. The lowest BCUT2D eigenvalue weighted by atomic mass is 10.1. The molecule has 0 saturated heterocycles. The molecular formula is C17H9Cl2NO. The zero-order valence-corrected chi connectivity index (χ0v) is 12.3. The molecule has 0 aliphatic rings.